The molecule has 0 aromatic heterocycles. The predicted molar refractivity (Wildman–Crippen MR) is 111 cm³/mol. The first-order chi connectivity index (χ1) is 14.4. The molecular weight excluding hydrogens is 380 g/mol. The number of hydrogen-bond donors (Lipinski definition) is 0. The van der Waals surface area contributed by atoms with E-state index in [1.54, 1.807) is 0 Å². The van der Waals surface area contributed by atoms with Crippen molar-refractivity contribution in [2.75, 3.05) is 0 Å². The minimum absolute atomic E-state index is 0.00551. The summed E-state index contributed by atoms with van der Waals surface area (Å²) < 4.78 is 13.0. The second-order valence-electron chi connectivity index (χ2n) is 10.2. The van der Waals surface area contributed by atoms with Crippen molar-refractivity contribution in [2.45, 2.75) is 89.5 Å². The van der Waals surface area contributed by atoms with Crippen LogP contribution in [0.3, 0.4) is 0 Å². The lowest BCUT2D eigenvalue weighted by molar-refractivity contribution is -0.571. The van der Waals surface area contributed by atoms with E-state index in [0.29, 0.717) is 36.5 Å². The summed E-state index contributed by atoms with van der Waals surface area (Å²) in [6.45, 7) is 6.55. The first-order valence-corrected chi connectivity index (χ1v) is 11.7. The Balaban J connectivity index is 1.32. The van der Waals surface area contributed by atoms with Crippen molar-refractivity contribution in [1.29, 1.82) is 0 Å². The smallest absolute Gasteiger partial charge is 0.201 e. The highest BCUT2D eigenvalue weighted by Crippen LogP contribution is 2.60. The van der Waals surface area contributed by atoms with E-state index in [2.05, 4.69) is 13.8 Å². The van der Waals surface area contributed by atoms with E-state index in [9.17, 15) is 4.79 Å². The lowest BCUT2D eigenvalue weighted by Crippen LogP contribution is -2.70. The molecule has 30 heavy (non-hydrogen) atoms. The van der Waals surface area contributed by atoms with Crippen molar-refractivity contribution in [2.24, 2.45) is 23.7 Å². The number of Topliss-reactive ketones (excluding diaryl/α,β-unsaturated/α-hetero) is 1. The molecule has 0 radical (unpaired) electrons. The van der Waals surface area contributed by atoms with Crippen molar-refractivity contribution >= 4 is 5.78 Å². The third-order valence-electron chi connectivity index (χ3n) is 8.25. The van der Waals surface area contributed by atoms with E-state index in [1.807, 2.05) is 37.3 Å². The quantitative estimate of drug-likeness (QED) is 0.646. The van der Waals surface area contributed by atoms with Gasteiger partial charge in [-0.1, -0.05) is 44.2 Å². The fourth-order valence-electron chi connectivity index (χ4n) is 6.52. The topological polar surface area (TPSA) is 54.0 Å². The highest BCUT2D eigenvalue weighted by molar-refractivity contribution is 5.80. The Morgan fingerprint density at radius 2 is 1.87 bits per heavy atom. The summed E-state index contributed by atoms with van der Waals surface area (Å²) in [6.07, 6.45) is 5.51. The molecule has 5 fully saturated rings. The molecule has 1 saturated carbocycles. The average Bonchev–Trinajstić information content (AvgIpc) is 2.96. The number of ketones is 1. The van der Waals surface area contributed by atoms with Gasteiger partial charge in [0.15, 0.2) is 11.9 Å². The van der Waals surface area contributed by atoms with E-state index in [-0.39, 0.29) is 11.9 Å². The Bertz CT molecular complexity index is 781. The average molecular weight is 415 g/mol. The molecule has 5 heteroatoms. The van der Waals surface area contributed by atoms with Crippen LogP contribution in [0.1, 0.15) is 64.9 Å². The number of carbonyl (C=O) groups is 1. The third kappa shape index (κ3) is 3.35. The van der Waals surface area contributed by atoms with E-state index >= 15 is 0 Å². The Hall–Kier alpha value is -1.27. The molecule has 1 aromatic rings. The maximum Gasteiger partial charge on any atom is 0.201 e. The monoisotopic (exact) mass is 414 g/mol. The maximum atomic E-state index is 12.6. The molecule has 1 aromatic carbocycles. The minimum Gasteiger partial charge on any atom is -0.346 e. The molecule has 0 N–H and O–H groups in total. The van der Waals surface area contributed by atoms with Crippen LogP contribution in [0.25, 0.3) is 0 Å². The van der Waals surface area contributed by atoms with Crippen LogP contribution in [0.2, 0.25) is 0 Å². The van der Waals surface area contributed by atoms with Crippen LogP contribution in [-0.4, -0.2) is 29.6 Å². The van der Waals surface area contributed by atoms with Gasteiger partial charge in [0.05, 0.1) is 6.10 Å². The van der Waals surface area contributed by atoms with Crippen LogP contribution in [-0.2, 0) is 30.5 Å². The van der Waals surface area contributed by atoms with Crippen LogP contribution < -0.4 is 0 Å². The van der Waals surface area contributed by atoms with Crippen LogP contribution in [0.15, 0.2) is 30.3 Å². The van der Waals surface area contributed by atoms with Crippen molar-refractivity contribution in [1.82, 2.24) is 0 Å². The van der Waals surface area contributed by atoms with Gasteiger partial charge in [0.25, 0.3) is 0 Å². The van der Waals surface area contributed by atoms with Gasteiger partial charge < -0.3 is 9.47 Å². The van der Waals surface area contributed by atoms with Gasteiger partial charge >= 0.3 is 0 Å². The van der Waals surface area contributed by atoms with Gasteiger partial charge in [-0.25, -0.2) is 9.78 Å². The van der Waals surface area contributed by atoms with Gasteiger partial charge in [-0.15, -0.1) is 0 Å². The Kier molecular flexibility index (Phi) is 5.29. The molecule has 6 rings (SSSR count). The fourth-order valence-corrected chi connectivity index (χ4v) is 6.52. The summed E-state index contributed by atoms with van der Waals surface area (Å²) in [5.74, 6) is 1.10. The molecule has 4 aliphatic heterocycles. The van der Waals surface area contributed by atoms with Crippen LogP contribution in [0.4, 0.5) is 0 Å². The van der Waals surface area contributed by atoms with E-state index in [4.69, 9.17) is 19.2 Å². The normalized spacial score (nSPS) is 44.9. The molecule has 4 heterocycles. The summed E-state index contributed by atoms with van der Waals surface area (Å²) in [5.41, 5.74) is 0.559. The molecule has 5 aliphatic rings. The van der Waals surface area contributed by atoms with Crippen LogP contribution in [0.5, 0.6) is 0 Å². The van der Waals surface area contributed by atoms with Gasteiger partial charge in [0.1, 0.15) is 5.78 Å². The zero-order valence-electron chi connectivity index (χ0n) is 18.3. The van der Waals surface area contributed by atoms with E-state index < -0.39 is 17.7 Å². The number of carbonyl (C=O) groups excluding carboxylic acids is 1. The van der Waals surface area contributed by atoms with Crippen LogP contribution in [0, 0.1) is 23.7 Å². The van der Waals surface area contributed by atoms with Crippen molar-refractivity contribution in [3.05, 3.63) is 35.9 Å². The van der Waals surface area contributed by atoms with Crippen molar-refractivity contribution in [3.8, 4) is 0 Å². The molecule has 0 unspecified atom stereocenters. The summed E-state index contributed by atoms with van der Waals surface area (Å²) in [7, 11) is 0. The summed E-state index contributed by atoms with van der Waals surface area (Å²) in [6, 6.07) is 9.97. The Labute approximate surface area is 179 Å². The first kappa shape index (κ1) is 20.6. The van der Waals surface area contributed by atoms with Gasteiger partial charge in [-0.2, -0.15) is 0 Å². The van der Waals surface area contributed by atoms with E-state index in [0.717, 1.165) is 31.2 Å². The SMILES string of the molecule is C[C@H]1[C@@H](CCC(=O)Cc2ccccc2)O[C@@H]2O[C@]3(C)CC[C@H]4[C@H](C)CC[C@@H]1[C@@]24OO3. The minimum atomic E-state index is -0.744. The number of rotatable bonds is 5. The molecule has 2 bridgehead atoms. The van der Waals surface area contributed by atoms with Gasteiger partial charge in [0.2, 0.25) is 5.79 Å². The van der Waals surface area contributed by atoms with Crippen molar-refractivity contribution < 1.29 is 24.0 Å². The van der Waals surface area contributed by atoms with Crippen LogP contribution >= 0.6 is 0 Å². The number of hydrogen-bond acceptors (Lipinski definition) is 5. The number of ether oxygens (including phenoxy) is 2. The fraction of sp³-hybridized carbons (Fsp3) is 0.720. The summed E-state index contributed by atoms with van der Waals surface area (Å²) >= 11 is 0. The second-order valence-corrected chi connectivity index (χ2v) is 10.2. The molecule has 4 saturated heterocycles. The standard InChI is InChI=1S/C25H34O5/c1-16-9-11-21-17(2)22(12-10-19(26)15-18-7-5-4-6-8-18)27-23-25(21)20(16)13-14-24(3,28-23)29-30-25/h4-8,16-17,20-23H,9-15H2,1-3H3/t16-,17-,20+,21+,22-,23-,24+,25-/m1/s1. The lowest BCUT2D eigenvalue weighted by Gasteiger charge is -2.60. The third-order valence-corrected chi connectivity index (χ3v) is 8.25. The second kappa shape index (κ2) is 7.70. The molecule has 1 spiro atoms. The number of benzene rings is 1. The maximum absolute atomic E-state index is 12.6. The highest BCUT2D eigenvalue weighted by atomic mass is 17.3. The summed E-state index contributed by atoms with van der Waals surface area (Å²) in [4.78, 5) is 24.7. The van der Waals surface area contributed by atoms with Gasteiger partial charge in [0, 0.05) is 25.2 Å². The first-order valence-electron chi connectivity index (χ1n) is 11.7. The van der Waals surface area contributed by atoms with Gasteiger partial charge in [-0.05, 0) is 55.9 Å². The van der Waals surface area contributed by atoms with E-state index in [1.165, 1.54) is 6.42 Å². The zero-order valence-corrected chi connectivity index (χ0v) is 18.3. The molecular formula is C25H34O5. The Morgan fingerprint density at radius 3 is 2.67 bits per heavy atom. The number of fused-ring (bicyclic) bond motifs is 2. The molecule has 1 aliphatic carbocycles. The molecule has 8 atom stereocenters. The molecule has 164 valence electrons. The van der Waals surface area contributed by atoms with Crippen molar-refractivity contribution in [3.63, 3.8) is 0 Å². The largest absolute Gasteiger partial charge is 0.346 e. The molecule has 0 amide bonds. The van der Waals surface area contributed by atoms with Gasteiger partial charge in [-0.3, -0.25) is 4.79 Å². The predicted octanol–water partition coefficient (Wildman–Crippen LogP) is 4.83. The highest BCUT2D eigenvalue weighted by Gasteiger charge is 2.69. The summed E-state index contributed by atoms with van der Waals surface area (Å²) in [5, 5.41) is 0. The Morgan fingerprint density at radius 1 is 1.07 bits per heavy atom. The lowest BCUT2D eigenvalue weighted by atomic mass is 9.57. The molecule has 5 nitrogen and oxygen atoms in total. The zero-order chi connectivity index (χ0) is 20.9.